The van der Waals surface area contributed by atoms with Crippen LogP contribution in [0.1, 0.15) is 33.4 Å². The highest BCUT2D eigenvalue weighted by atomic mass is 32.3. The Morgan fingerprint density at radius 1 is 1.43 bits per heavy atom. The number of carbonyl (C=O) groups is 3. The van der Waals surface area contributed by atoms with Crippen LogP contribution in [0, 0.1) is 5.92 Å². The summed E-state index contributed by atoms with van der Waals surface area (Å²) in [5, 5.41) is 15.7. The summed E-state index contributed by atoms with van der Waals surface area (Å²) >= 11 is 0.988. The van der Waals surface area contributed by atoms with E-state index < -0.39 is 52.5 Å². The molecule has 0 aromatic carbocycles. The highest BCUT2D eigenvalue weighted by Gasteiger charge is 2.57. The molecule has 0 radical (unpaired) electrons. The first kappa shape index (κ1) is 27.7. The van der Waals surface area contributed by atoms with Crippen LogP contribution >= 0.6 is 24.8 Å². The molecule has 1 atom stereocenters. The number of carboxylic acid groups (broad SMARTS) is 1. The monoisotopic (exact) mass is 484 g/mol. The minimum atomic E-state index is -5.17. The quantitative estimate of drug-likeness (QED) is 0.141. The minimum Gasteiger partial charge on any atom is -0.724 e. The molecule has 0 bridgehead atoms. The third-order valence-corrected chi connectivity index (χ3v) is 4.80. The Hall–Kier alpha value is -2.27. The molecule has 0 spiro atoms. The van der Waals surface area contributed by atoms with Gasteiger partial charge in [0.15, 0.2) is 23.2 Å². The van der Waals surface area contributed by atoms with Crippen molar-refractivity contribution in [2.24, 2.45) is 11.1 Å². The van der Waals surface area contributed by atoms with Gasteiger partial charge in [0.2, 0.25) is 10.4 Å². The maximum atomic E-state index is 12.6. The Bertz CT molecular complexity index is 942. The number of oxime groups is 1. The second kappa shape index (κ2) is 10.2. The molecule has 0 saturated carbocycles. The second-order valence-electron chi connectivity index (χ2n) is 6.11. The number of aromatic nitrogens is 1. The average Bonchev–Trinajstić information content (AvgIpc) is 2.98. The lowest BCUT2D eigenvalue weighted by atomic mass is 9.74. The molecule has 2 rings (SSSR count). The van der Waals surface area contributed by atoms with Gasteiger partial charge in [-0.1, -0.05) is 12.6 Å². The maximum Gasteiger partial charge on any atom is 0.253 e. The van der Waals surface area contributed by atoms with E-state index in [1.807, 2.05) is 0 Å². The summed E-state index contributed by atoms with van der Waals surface area (Å²) in [6, 6.07) is 0. The van der Waals surface area contributed by atoms with Crippen LogP contribution in [0.3, 0.4) is 0 Å². The molecule has 1 fully saturated rings. The Morgan fingerprint density at radius 2 is 2.03 bits per heavy atom. The lowest BCUT2D eigenvalue weighted by Gasteiger charge is -2.51. The van der Waals surface area contributed by atoms with Crippen molar-refractivity contribution in [1.29, 1.82) is 0 Å². The number of hydrogen-bond donors (Lipinski definition) is 1. The van der Waals surface area contributed by atoms with Crippen molar-refractivity contribution in [1.82, 2.24) is 10.0 Å². The molecule has 2 N–H and O–H groups in total. The number of hydroxylamine groups is 2. The summed E-state index contributed by atoms with van der Waals surface area (Å²) in [5.74, 6) is -4.26. The number of anilines is 1. The fourth-order valence-electron chi connectivity index (χ4n) is 2.43. The van der Waals surface area contributed by atoms with Gasteiger partial charge in [-0.05, 0) is 13.8 Å². The van der Waals surface area contributed by atoms with Crippen LogP contribution < -0.4 is 10.8 Å². The molecule has 0 aliphatic carbocycles. The number of amides is 1. The standard InChI is InChI=1S/C13H16N4O9S2.CH4.H2S/c1-13(2)6(11(21)17(13)26-28(22,23)24)3-8(18)10(16-25-4-9(19)20)7-5-27-12(14)15-7;;/h5-6H,3-4H2,1-2H3,(H2,14,15)(H,19,20)(H,22,23,24);1H4;1H2/p-2/b16-10-;;. The van der Waals surface area contributed by atoms with Gasteiger partial charge in [-0.15, -0.1) is 11.3 Å². The van der Waals surface area contributed by atoms with Crippen molar-refractivity contribution in [3.05, 3.63) is 11.1 Å². The van der Waals surface area contributed by atoms with E-state index in [-0.39, 0.29) is 37.5 Å². The van der Waals surface area contributed by atoms with E-state index in [1.165, 1.54) is 19.2 Å². The van der Waals surface area contributed by atoms with Gasteiger partial charge in [-0.25, -0.2) is 13.4 Å². The number of nitrogens with zero attached hydrogens (tertiary/aromatic N) is 3. The first-order valence-corrected chi connectivity index (χ1v) is 9.68. The number of hydrogen-bond acceptors (Lipinski definition) is 13. The van der Waals surface area contributed by atoms with Crippen molar-refractivity contribution in [3.8, 4) is 0 Å². The number of nitrogens with two attached hydrogens (primary N) is 1. The number of thiazole rings is 1. The SMILES string of the molecule is C.CC1(C)C(CC(=O)/C(=N\OCC(=O)[O-])c2csc(N)n2)C(=O)N1OS(=O)(=O)[O-].S. The van der Waals surface area contributed by atoms with E-state index in [9.17, 15) is 32.5 Å². The number of Topliss-reactive ketones (excluding diaryl/α,β-unsaturated/α-hetero) is 1. The molecule has 13 nitrogen and oxygen atoms in total. The molecule has 30 heavy (non-hydrogen) atoms. The number of aliphatic carboxylic acids is 1. The predicted octanol–water partition coefficient (Wildman–Crippen LogP) is -1.47. The van der Waals surface area contributed by atoms with Crippen LogP contribution in [0.15, 0.2) is 10.5 Å². The number of rotatable bonds is 9. The molecule has 1 aliphatic rings. The van der Waals surface area contributed by atoms with Gasteiger partial charge in [0.05, 0.1) is 17.4 Å². The molecule has 1 aromatic heterocycles. The predicted molar refractivity (Wildman–Crippen MR) is 106 cm³/mol. The molecule has 170 valence electrons. The van der Waals surface area contributed by atoms with Crippen molar-refractivity contribution in [3.63, 3.8) is 0 Å². The second-order valence-corrected chi connectivity index (χ2v) is 7.96. The average molecular weight is 485 g/mol. The Labute approximate surface area is 183 Å². The van der Waals surface area contributed by atoms with Crippen LogP contribution in [-0.2, 0) is 33.9 Å². The molecule has 1 amide bonds. The fourth-order valence-corrected chi connectivity index (χ4v) is 3.43. The summed E-state index contributed by atoms with van der Waals surface area (Å²) in [5.41, 5.74) is 3.84. The van der Waals surface area contributed by atoms with Crippen LogP contribution in [0.2, 0.25) is 0 Å². The van der Waals surface area contributed by atoms with Crippen molar-refractivity contribution in [2.45, 2.75) is 33.2 Å². The largest absolute Gasteiger partial charge is 0.724 e. The highest BCUT2D eigenvalue weighted by molar-refractivity contribution is 7.80. The number of nitrogen functional groups attached to an aromatic ring is 1. The number of β-lactam (4-membered cyclic amide) rings is 1. The number of carboxylic acids is 1. The normalized spacial score (nSPS) is 18.0. The van der Waals surface area contributed by atoms with E-state index in [2.05, 4.69) is 19.3 Å². The van der Waals surface area contributed by atoms with E-state index in [0.29, 0.717) is 5.06 Å². The van der Waals surface area contributed by atoms with Gasteiger partial charge < -0.3 is 25.0 Å². The van der Waals surface area contributed by atoms with Gasteiger partial charge in [0, 0.05) is 11.8 Å². The van der Waals surface area contributed by atoms with Crippen LogP contribution in [-0.4, -0.2) is 58.5 Å². The highest BCUT2D eigenvalue weighted by Crippen LogP contribution is 2.40. The lowest BCUT2D eigenvalue weighted by Crippen LogP contribution is -2.68. The molecular formula is C14H20N4O9S3-2. The maximum absolute atomic E-state index is 12.6. The third-order valence-electron chi connectivity index (χ3n) is 3.80. The van der Waals surface area contributed by atoms with Crippen LogP contribution in [0.4, 0.5) is 5.13 Å². The van der Waals surface area contributed by atoms with Gasteiger partial charge in [0.25, 0.3) is 5.91 Å². The number of ketones is 1. The van der Waals surface area contributed by atoms with Crippen molar-refractivity contribution < 1.29 is 41.6 Å². The van der Waals surface area contributed by atoms with Crippen LogP contribution in [0.25, 0.3) is 0 Å². The molecule has 1 aromatic rings. The van der Waals surface area contributed by atoms with E-state index in [1.54, 1.807) is 0 Å². The number of carbonyl (C=O) groups excluding carboxylic acids is 3. The summed E-state index contributed by atoms with van der Waals surface area (Å²) in [6.07, 6.45) is -0.463. The molecule has 1 aliphatic heterocycles. The third kappa shape index (κ3) is 6.36. The summed E-state index contributed by atoms with van der Waals surface area (Å²) in [7, 11) is -5.17. The van der Waals surface area contributed by atoms with E-state index in [4.69, 9.17) is 5.73 Å². The molecule has 1 saturated heterocycles. The minimum absolute atomic E-state index is 0. The van der Waals surface area contributed by atoms with Crippen LogP contribution in [0.5, 0.6) is 0 Å². The Morgan fingerprint density at radius 3 is 2.47 bits per heavy atom. The fraction of sp³-hybridized carbons (Fsp3) is 0.500. The molecule has 1 unspecified atom stereocenters. The van der Waals surface area contributed by atoms with Gasteiger partial charge in [-0.2, -0.15) is 22.8 Å². The Balaban J connectivity index is 0.00000420. The van der Waals surface area contributed by atoms with Gasteiger partial charge in [-0.3, -0.25) is 9.59 Å². The zero-order valence-corrected chi connectivity index (χ0v) is 17.6. The summed E-state index contributed by atoms with van der Waals surface area (Å²) < 4.78 is 36.2. The summed E-state index contributed by atoms with van der Waals surface area (Å²) in [4.78, 5) is 43.6. The van der Waals surface area contributed by atoms with Gasteiger partial charge in [0.1, 0.15) is 5.69 Å². The smallest absolute Gasteiger partial charge is 0.253 e. The Kier molecular flexibility index (Phi) is 9.39. The molecule has 16 heteroatoms. The lowest BCUT2D eigenvalue weighted by molar-refractivity contribution is -0.309. The first-order chi connectivity index (χ1) is 12.8. The summed E-state index contributed by atoms with van der Waals surface area (Å²) in [6.45, 7) is 1.86. The zero-order valence-electron chi connectivity index (χ0n) is 15.0. The van der Waals surface area contributed by atoms with Crippen molar-refractivity contribution in [2.75, 3.05) is 12.3 Å². The topological polar surface area (TPSA) is 204 Å². The van der Waals surface area contributed by atoms with E-state index in [0.717, 1.165) is 11.3 Å². The molecule has 2 heterocycles. The van der Waals surface area contributed by atoms with Gasteiger partial charge >= 0.3 is 0 Å². The van der Waals surface area contributed by atoms with Crippen molar-refractivity contribution >= 4 is 63.7 Å². The zero-order chi connectivity index (χ0) is 21.3. The van der Waals surface area contributed by atoms with E-state index >= 15 is 0 Å². The first-order valence-electron chi connectivity index (χ1n) is 7.46. The molecular weight excluding hydrogens is 464 g/mol.